The SMILES string of the molecule is CC(C)(C)c1ccc(-c2nnc(SCCC(=O)O)n2N)cc1. The van der Waals surface area contributed by atoms with E-state index in [2.05, 4.69) is 43.1 Å². The van der Waals surface area contributed by atoms with Gasteiger partial charge in [-0.3, -0.25) is 4.79 Å². The van der Waals surface area contributed by atoms with Crippen LogP contribution in [0.1, 0.15) is 32.8 Å². The normalized spacial score (nSPS) is 11.6. The zero-order valence-corrected chi connectivity index (χ0v) is 13.7. The molecule has 2 aromatic rings. The highest BCUT2D eigenvalue weighted by Gasteiger charge is 2.16. The van der Waals surface area contributed by atoms with Crippen molar-refractivity contribution in [3.05, 3.63) is 29.8 Å². The number of hydrogen-bond acceptors (Lipinski definition) is 5. The lowest BCUT2D eigenvalue weighted by molar-refractivity contribution is -0.136. The van der Waals surface area contributed by atoms with Gasteiger partial charge in [0.25, 0.3) is 0 Å². The molecule has 7 heteroatoms. The fourth-order valence-electron chi connectivity index (χ4n) is 1.92. The summed E-state index contributed by atoms with van der Waals surface area (Å²) in [7, 11) is 0. The smallest absolute Gasteiger partial charge is 0.304 e. The number of aliphatic carboxylic acids is 1. The standard InChI is InChI=1S/C15H20N4O2S/c1-15(2,3)11-6-4-10(5-7-11)13-17-18-14(19(13)16)22-9-8-12(20)21/h4-7H,8-9,16H2,1-3H3,(H,20,21). The topological polar surface area (TPSA) is 94.0 Å². The van der Waals surface area contributed by atoms with Crippen molar-refractivity contribution >= 4 is 17.7 Å². The molecule has 0 unspecified atom stereocenters. The second kappa shape index (κ2) is 6.39. The van der Waals surface area contributed by atoms with Crippen LogP contribution in [0, 0.1) is 0 Å². The molecule has 0 bridgehead atoms. The van der Waals surface area contributed by atoms with Gasteiger partial charge in [-0.2, -0.15) is 0 Å². The Morgan fingerprint density at radius 2 is 1.91 bits per heavy atom. The molecule has 0 spiro atoms. The molecule has 0 radical (unpaired) electrons. The number of benzene rings is 1. The Bertz CT molecular complexity index is 659. The number of carboxylic acid groups (broad SMARTS) is 1. The first kappa shape index (κ1) is 16.4. The predicted octanol–water partition coefficient (Wildman–Crippen LogP) is 2.52. The molecular formula is C15H20N4O2S. The zero-order chi connectivity index (χ0) is 16.3. The summed E-state index contributed by atoms with van der Waals surface area (Å²) in [5.74, 6) is 6.14. The Labute approximate surface area is 133 Å². The van der Waals surface area contributed by atoms with Gasteiger partial charge in [-0.15, -0.1) is 10.2 Å². The van der Waals surface area contributed by atoms with Gasteiger partial charge in [0.2, 0.25) is 5.16 Å². The van der Waals surface area contributed by atoms with Crippen molar-refractivity contribution in [2.45, 2.75) is 37.8 Å². The molecule has 0 saturated carbocycles. The minimum Gasteiger partial charge on any atom is -0.481 e. The van der Waals surface area contributed by atoms with Gasteiger partial charge < -0.3 is 10.9 Å². The van der Waals surface area contributed by atoms with Gasteiger partial charge in [0.05, 0.1) is 6.42 Å². The van der Waals surface area contributed by atoms with Gasteiger partial charge in [-0.05, 0) is 11.0 Å². The minimum absolute atomic E-state index is 0.0626. The molecule has 0 atom stereocenters. The zero-order valence-electron chi connectivity index (χ0n) is 12.9. The van der Waals surface area contributed by atoms with E-state index in [1.807, 2.05) is 12.1 Å². The van der Waals surface area contributed by atoms with Crippen molar-refractivity contribution in [1.82, 2.24) is 14.9 Å². The Morgan fingerprint density at radius 3 is 2.45 bits per heavy atom. The third kappa shape index (κ3) is 3.79. The first-order valence-corrected chi connectivity index (χ1v) is 7.93. The van der Waals surface area contributed by atoms with Crippen LogP contribution in [-0.2, 0) is 10.2 Å². The molecule has 118 valence electrons. The lowest BCUT2D eigenvalue weighted by atomic mass is 9.87. The van der Waals surface area contributed by atoms with E-state index in [0.29, 0.717) is 16.7 Å². The lowest BCUT2D eigenvalue weighted by Gasteiger charge is -2.19. The van der Waals surface area contributed by atoms with Crippen LogP contribution in [0.25, 0.3) is 11.4 Å². The van der Waals surface area contributed by atoms with Crippen molar-refractivity contribution < 1.29 is 9.90 Å². The third-order valence-corrected chi connectivity index (χ3v) is 4.17. The van der Waals surface area contributed by atoms with E-state index >= 15 is 0 Å². The summed E-state index contributed by atoms with van der Waals surface area (Å²) in [5.41, 5.74) is 2.20. The number of aromatic nitrogens is 3. The fourth-order valence-corrected chi connectivity index (χ4v) is 2.70. The number of carboxylic acids is 1. The lowest BCUT2D eigenvalue weighted by Crippen LogP contribution is -2.13. The molecule has 0 saturated heterocycles. The number of hydrogen-bond donors (Lipinski definition) is 2. The van der Waals surface area contributed by atoms with E-state index in [-0.39, 0.29) is 11.8 Å². The number of thioether (sulfide) groups is 1. The molecule has 6 nitrogen and oxygen atoms in total. The van der Waals surface area contributed by atoms with Gasteiger partial charge in [0, 0.05) is 11.3 Å². The quantitative estimate of drug-likeness (QED) is 0.649. The molecule has 3 N–H and O–H groups in total. The molecule has 2 rings (SSSR count). The highest BCUT2D eigenvalue weighted by molar-refractivity contribution is 7.99. The molecule has 0 aliphatic rings. The number of nitrogen functional groups attached to an aromatic ring is 1. The Morgan fingerprint density at radius 1 is 1.27 bits per heavy atom. The first-order chi connectivity index (χ1) is 10.3. The van der Waals surface area contributed by atoms with E-state index in [0.717, 1.165) is 5.56 Å². The number of nitrogens with zero attached hydrogens (tertiary/aromatic N) is 3. The van der Waals surface area contributed by atoms with Crippen LogP contribution in [0.15, 0.2) is 29.4 Å². The second-order valence-corrected chi connectivity index (χ2v) is 7.06. The Hall–Kier alpha value is -2.02. The Kier molecular flexibility index (Phi) is 4.75. The van der Waals surface area contributed by atoms with Crippen molar-refractivity contribution in [3.8, 4) is 11.4 Å². The van der Waals surface area contributed by atoms with E-state index in [1.165, 1.54) is 22.0 Å². The molecular weight excluding hydrogens is 300 g/mol. The predicted molar refractivity (Wildman–Crippen MR) is 87.3 cm³/mol. The molecule has 0 aliphatic carbocycles. The summed E-state index contributed by atoms with van der Waals surface area (Å²) in [4.78, 5) is 10.5. The summed E-state index contributed by atoms with van der Waals surface area (Å²) in [6.07, 6.45) is 0.0626. The second-order valence-electron chi connectivity index (χ2n) is 6.00. The molecule has 0 aliphatic heterocycles. The number of carbonyl (C=O) groups is 1. The van der Waals surface area contributed by atoms with E-state index < -0.39 is 5.97 Å². The molecule has 22 heavy (non-hydrogen) atoms. The molecule has 0 amide bonds. The maximum absolute atomic E-state index is 10.5. The van der Waals surface area contributed by atoms with Gasteiger partial charge in [0.1, 0.15) is 0 Å². The van der Waals surface area contributed by atoms with Gasteiger partial charge in [-0.1, -0.05) is 56.8 Å². The van der Waals surface area contributed by atoms with Gasteiger partial charge >= 0.3 is 5.97 Å². The highest BCUT2D eigenvalue weighted by atomic mass is 32.2. The average molecular weight is 320 g/mol. The monoisotopic (exact) mass is 320 g/mol. The first-order valence-electron chi connectivity index (χ1n) is 6.95. The van der Waals surface area contributed by atoms with Crippen molar-refractivity contribution in [2.75, 3.05) is 11.6 Å². The molecule has 1 aromatic heterocycles. The molecule has 1 aromatic carbocycles. The average Bonchev–Trinajstić information content (AvgIpc) is 2.79. The Balaban J connectivity index is 2.16. The number of nitrogens with two attached hydrogens (primary N) is 1. The van der Waals surface area contributed by atoms with Crippen LogP contribution < -0.4 is 5.84 Å². The largest absolute Gasteiger partial charge is 0.481 e. The highest BCUT2D eigenvalue weighted by Crippen LogP contribution is 2.26. The van der Waals surface area contributed by atoms with Crippen LogP contribution in [0.5, 0.6) is 0 Å². The van der Waals surface area contributed by atoms with Crippen LogP contribution in [0.3, 0.4) is 0 Å². The molecule has 0 fully saturated rings. The summed E-state index contributed by atoms with van der Waals surface area (Å²) < 4.78 is 1.40. The maximum Gasteiger partial charge on any atom is 0.304 e. The van der Waals surface area contributed by atoms with Crippen molar-refractivity contribution in [1.29, 1.82) is 0 Å². The van der Waals surface area contributed by atoms with Crippen LogP contribution >= 0.6 is 11.8 Å². The summed E-state index contributed by atoms with van der Waals surface area (Å²) in [5, 5.41) is 17.3. The van der Waals surface area contributed by atoms with E-state index in [9.17, 15) is 4.79 Å². The van der Waals surface area contributed by atoms with E-state index in [1.54, 1.807) is 0 Å². The summed E-state index contributed by atoms with van der Waals surface area (Å²) >= 11 is 1.28. The van der Waals surface area contributed by atoms with Crippen LogP contribution in [0.4, 0.5) is 0 Å². The minimum atomic E-state index is -0.839. The summed E-state index contributed by atoms with van der Waals surface area (Å²) in [6.45, 7) is 6.47. The molecule has 1 heterocycles. The van der Waals surface area contributed by atoms with Gasteiger partial charge in [0.15, 0.2) is 5.82 Å². The summed E-state index contributed by atoms with van der Waals surface area (Å²) in [6, 6.07) is 8.06. The third-order valence-electron chi connectivity index (χ3n) is 3.22. The van der Waals surface area contributed by atoms with Crippen molar-refractivity contribution in [2.24, 2.45) is 0 Å². The van der Waals surface area contributed by atoms with Crippen LogP contribution in [-0.4, -0.2) is 31.7 Å². The van der Waals surface area contributed by atoms with Crippen molar-refractivity contribution in [3.63, 3.8) is 0 Å². The fraction of sp³-hybridized carbons (Fsp3) is 0.400. The van der Waals surface area contributed by atoms with E-state index in [4.69, 9.17) is 10.9 Å². The maximum atomic E-state index is 10.5. The number of rotatable bonds is 5. The van der Waals surface area contributed by atoms with Gasteiger partial charge in [-0.25, -0.2) is 4.68 Å². The van der Waals surface area contributed by atoms with Crippen LogP contribution in [0.2, 0.25) is 0 Å².